The maximum absolute atomic E-state index is 5.99. The summed E-state index contributed by atoms with van der Waals surface area (Å²) >= 11 is 0. The zero-order valence-corrected chi connectivity index (χ0v) is 8.88. The van der Waals surface area contributed by atoms with E-state index >= 15 is 0 Å². The van der Waals surface area contributed by atoms with E-state index in [9.17, 15) is 0 Å². The molecule has 1 aliphatic carbocycles. The van der Waals surface area contributed by atoms with Gasteiger partial charge in [-0.25, -0.2) is 0 Å². The molecular formula is C12H18N2. The van der Waals surface area contributed by atoms with E-state index in [0.29, 0.717) is 6.04 Å². The molecule has 2 heteroatoms. The minimum Gasteiger partial charge on any atom is -0.397 e. The summed E-state index contributed by atoms with van der Waals surface area (Å²) in [6, 6.07) is 6.79. The van der Waals surface area contributed by atoms with Gasteiger partial charge in [-0.15, -0.1) is 0 Å². The van der Waals surface area contributed by atoms with E-state index in [-0.39, 0.29) is 0 Å². The molecule has 2 rings (SSSR count). The van der Waals surface area contributed by atoms with Crippen LogP contribution >= 0.6 is 0 Å². The Kier molecular flexibility index (Phi) is 2.36. The Morgan fingerprint density at radius 2 is 2.14 bits per heavy atom. The largest absolute Gasteiger partial charge is 0.397 e. The minimum atomic E-state index is 0.624. The van der Waals surface area contributed by atoms with Crippen molar-refractivity contribution in [3.8, 4) is 0 Å². The number of nitrogen functional groups attached to an aromatic ring is 1. The molecule has 1 aromatic carbocycles. The first-order chi connectivity index (χ1) is 6.68. The average molecular weight is 190 g/mol. The summed E-state index contributed by atoms with van der Waals surface area (Å²) in [5.41, 5.74) is 9.14. The lowest BCUT2D eigenvalue weighted by molar-refractivity contribution is 0.303. The van der Waals surface area contributed by atoms with E-state index in [4.69, 9.17) is 5.73 Å². The van der Waals surface area contributed by atoms with Gasteiger partial charge >= 0.3 is 0 Å². The summed E-state index contributed by atoms with van der Waals surface area (Å²) in [5.74, 6) is 0.787. The second-order valence-corrected chi connectivity index (χ2v) is 4.34. The highest BCUT2D eigenvalue weighted by molar-refractivity contribution is 5.69. The van der Waals surface area contributed by atoms with Crippen molar-refractivity contribution in [3.63, 3.8) is 0 Å². The first-order valence-electron chi connectivity index (χ1n) is 5.30. The van der Waals surface area contributed by atoms with Gasteiger partial charge < -0.3 is 11.1 Å². The third kappa shape index (κ3) is 1.57. The number of hydrogen-bond donors (Lipinski definition) is 2. The lowest BCUT2D eigenvalue weighted by atomic mass is 9.81. The SMILES string of the molecule is Cc1cccc(NC2CCC2C)c1N. The number of para-hydroxylation sites is 1. The van der Waals surface area contributed by atoms with Gasteiger partial charge in [-0.05, 0) is 37.3 Å². The van der Waals surface area contributed by atoms with Crippen molar-refractivity contribution >= 4 is 11.4 Å². The molecule has 1 saturated carbocycles. The van der Waals surface area contributed by atoms with Gasteiger partial charge in [0.05, 0.1) is 11.4 Å². The third-order valence-electron chi connectivity index (χ3n) is 3.28. The zero-order chi connectivity index (χ0) is 10.1. The second kappa shape index (κ2) is 3.52. The normalized spacial score (nSPS) is 25.6. The van der Waals surface area contributed by atoms with Crippen molar-refractivity contribution in [2.45, 2.75) is 32.7 Å². The van der Waals surface area contributed by atoms with E-state index in [1.807, 2.05) is 13.0 Å². The summed E-state index contributed by atoms with van der Waals surface area (Å²) in [6.45, 7) is 4.33. The molecule has 0 amide bonds. The van der Waals surface area contributed by atoms with Crippen molar-refractivity contribution in [1.29, 1.82) is 0 Å². The van der Waals surface area contributed by atoms with Gasteiger partial charge in [0.2, 0.25) is 0 Å². The number of nitrogens with two attached hydrogens (primary N) is 1. The topological polar surface area (TPSA) is 38.0 Å². The van der Waals surface area contributed by atoms with Crippen LogP contribution < -0.4 is 11.1 Å². The number of hydrogen-bond acceptors (Lipinski definition) is 2. The second-order valence-electron chi connectivity index (χ2n) is 4.34. The van der Waals surface area contributed by atoms with E-state index in [0.717, 1.165) is 22.9 Å². The molecular weight excluding hydrogens is 172 g/mol. The molecule has 2 nitrogen and oxygen atoms in total. The Balaban J connectivity index is 2.12. The summed E-state index contributed by atoms with van der Waals surface area (Å²) < 4.78 is 0. The Morgan fingerprint density at radius 3 is 2.71 bits per heavy atom. The molecule has 0 saturated heterocycles. The lowest BCUT2D eigenvalue weighted by Crippen LogP contribution is -2.36. The summed E-state index contributed by atoms with van der Waals surface area (Å²) in [5, 5.41) is 3.51. The van der Waals surface area contributed by atoms with Gasteiger partial charge in [0.25, 0.3) is 0 Å². The molecule has 0 spiro atoms. The molecule has 1 aliphatic rings. The van der Waals surface area contributed by atoms with E-state index in [2.05, 4.69) is 24.4 Å². The number of benzene rings is 1. The fraction of sp³-hybridized carbons (Fsp3) is 0.500. The van der Waals surface area contributed by atoms with Crippen LogP contribution in [0.2, 0.25) is 0 Å². The highest BCUT2D eigenvalue weighted by Crippen LogP contribution is 2.32. The van der Waals surface area contributed by atoms with Crippen LogP contribution in [-0.2, 0) is 0 Å². The summed E-state index contributed by atoms with van der Waals surface area (Å²) in [7, 11) is 0. The molecule has 0 bridgehead atoms. The van der Waals surface area contributed by atoms with Crippen LogP contribution in [-0.4, -0.2) is 6.04 Å². The van der Waals surface area contributed by atoms with E-state index < -0.39 is 0 Å². The average Bonchev–Trinajstić information content (AvgIpc) is 2.18. The Hall–Kier alpha value is -1.18. The van der Waals surface area contributed by atoms with Gasteiger partial charge in [0.1, 0.15) is 0 Å². The van der Waals surface area contributed by atoms with Gasteiger partial charge in [0.15, 0.2) is 0 Å². The quantitative estimate of drug-likeness (QED) is 0.704. The maximum Gasteiger partial charge on any atom is 0.0579 e. The molecule has 1 fully saturated rings. The number of rotatable bonds is 2. The van der Waals surface area contributed by atoms with Crippen molar-refractivity contribution in [3.05, 3.63) is 23.8 Å². The molecule has 0 aliphatic heterocycles. The molecule has 2 unspecified atom stereocenters. The molecule has 3 N–H and O–H groups in total. The molecule has 0 heterocycles. The Bertz CT molecular complexity index is 333. The molecule has 76 valence electrons. The van der Waals surface area contributed by atoms with Crippen LogP contribution in [0.15, 0.2) is 18.2 Å². The van der Waals surface area contributed by atoms with Gasteiger partial charge in [-0.1, -0.05) is 19.1 Å². The Morgan fingerprint density at radius 1 is 1.36 bits per heavy atom. The standard InChI is InChI=1S/C12H18N2/c1-8-6-7-10(8)14-11-5-3-4-9(2)12(11)13/h3-5,8,10,14H,6-7,13H2,1-2H3. The smallest absolute Gasteiger partial charge is 0.0579 e. The molecule has 2 atom stereocenters. The first kappa shape index (κ1) is 9.38. The van der Waals surface area contributed by atoms with Crippen LogP contribution in [0.1, 0.15) is 25.3 Å². The summed E-state index contributed by atoms with van der Waals surface area (Å²) in [4.78, 5) is 0. The minimum absolute atomic E-state index is 0.624. The Labute approximate surface area is 85.5 Å². The van der Waals surface area contributed by atoms with Gasteiger partial charge in [0, 0.05) is 6.04 Å². The first-order valence-corrected chi connectivity index (χ1v) is 5.30. The van der Waals surface area contributed by atoms with Crippen LogP contribution in [0, 0.1) is 12.8 Å². The van der Waals surface area contributed by atoms with E-state index in [1.54, 1.807) is 0 Å². The van der Waals surface area contributed by atoms with Crippen LogP contribution in [0.5, 0.6) is 0 Å². The zero-order valence-electron chi connectivity index (χ0n) is 8.88. The summed E-state index contributed by atoms with van der Waals surface area (Å²) in [6.07, 6.45) is 2.61. The predicted octanol–water partition coefficient (Wildman–Crippen LogP) is 2.79. The molecule has 1 aromatic rings. The number of nitrogens with one attached hydrogen (secondary N) is 1. The van der Waals surface area contributed by atoms with Crippen LogP contribution in [0.3, 0.4) is 0 Å². The van der Waals surface area contributed by atoms with Crippen LogP contribution in [0.4, 0.5) is 11.4 Å². The number of aryl methyl sites for hydroxylation is 1. The van der Waals surface area contributed by atoms with Crippen molar-refractivity contribution < 1.29 is 0 Å². The molecule has 14 heavy (non-hydrogen) atoms. The number of anilines is 2. The highest BCUT2D eigenvalue weighted by Gasteiger charge is 2.26. The van der Waals surface area contributed by atoms with E-state index in [1.165, 1.54) is 12.8 Å². The van der Waals surface area contributed by atoms with Crippen molar-refractivity contribution in [2.75, 3.05) is 11.1 Å². The predicted molar refractivity (Wildman–Crippen MR) is 61.4 cm³/mol. The molecule has 0 aromatic heterocycles. The van der Waals surface area contributed by atoms with Crippen LogP contribution in [0.25, 0.3) is 0 Å². The monoisotopic (exact) mass is 190 g/mol. The van der Waals surface area contributed by atoms with Gasteiger partial charge in [-0.2, -0.15) is 0 Å². The van der Waals surface area contributed by atoms with Crippen molar-refractivity contribution in [2.24, 2.45) is 5.92 Å². The van der Waals surface area contributed by atoms with Crippen molar-refractivity contribution in [1.82, 2.24) is 0 Å². The maximum atomic E-state index is 5.99. The fourth-order valence-corrected chi connectivity index (χ4v) is 1.89. The molecule has 0 radical (unpaired) electrons. The van der Waals surface area contributed by atoms with Gasteiger partial charge in [-0.3, -0.25) is 0 Å². The highest BCUT2D eigenvalue weighted by atomic mass is 15.0. The lowest BCUT2D eigenvalue weighted by Gasteiger charge is -2.35. The fourth-order valence-electron chi connectivity index (χ4n) is 1.89. The third-order valence-corrected chi connectivity index (χ3v) is 3.28.